The van der Waals surface area contributed by atoms with Crippen LogP contribution in [0.1, 0.15) is 5.56 Å². The Kier molecular flexibility index (Phi) is 6.73. The van der Waals surface area contributed by atoms with E-state index < -0.39 is 11.8 Å². The number of rotatable bonds is 5. The maximum atomic E-state index is 12.3. The number of hydrogen-bond donors (Lipinski definition) is 3. The fourth-order valence-corrected chi connectivity index (χ4v) is 2.60. The highest BCUT2D eigenvalue weighted by atomic mass is 16.2. The van der Waals surface area contributed by atoms with Gasteiger partial charge in [-0.05, 0) is 48.0 Å². The van der Waals surface area contributed by atoms with E-state index in [1.54, 1.807) is 67.0 Å². The maximum absolute atomic E-state index is 12.3. The Hall–Kier alpha value is -4.20. The minimum absolute atomic E-state index is 0.352. The second-order valence-electron chi connectivity index (χ2n) is 6.40. The van der Waals surface area contributed by atoms with Crippen molar-refractivity contribution in [2.45, 2.75) is 6.54 Å². The summed E-state index contributed by atoms with van der Waals surface area (Å²) in [5.41, 5.74) is 2.49. The number of carbonyl (C=O) groups excluding carboxylic acids is 3. The number of urea groups is 1. The van der Waals surface area contributed by atoms with Crippen LogP contribution in [0.25, 0.3) is 0 Å². The molecule has 0 spiro atoms. The summed E-state index contributed by atoms with van der Waals surface area (Å²) in [4.78, 5) is 41.8. The number of likely N-dealkylation sites (N-methyl/N-ethyl adjacent to an activating group) is 1. The van der Waals surface area contributed by atoms with Crippen LogP contribution in [0.4, 0.5) is 21.9 Å². The largest absolute Gasteiger partial charge is 0.334 e. The van der Waals surface area contributed by atoms with E-state index in [1.807, 2.05) is 12.1 Å². The van der Waals surface area contributed by atoms with Gasteiger partial charge in [0.2, 0.25) is 0 Å². The molecule has 0 aliphatic carbocycles. The van der Waals surface area contributed by atoms with Crippen molar-refractivity contribution in [3.05, 3.63) is 84.7 Å². The highest BCUT2D eigenvalue weighted by molar-refractivity contribution is 6.44. The maximum Gasteiger partial charge on any atom is 0.319 e. The molecular weight excluding hydrogens is 382 g/mol. The third-order valence-electron chi connectivity index (χ3n) is 4.22. The molecule has 2 aromatic carbocycles. The van der Waals surface area contributed by atoms with E-state index >= 15 is 0 Å². The summed E-state index contributed by atoms with van der Waals surface area (Å²) in [5, 5.41) is 7.98. The van der Waals surface area contributed by atoms with Crippen molar-refractivity contribution in [1.82, 2.24) is 10.3 Å². The van der Waals surface area contributed by atoms with Crippen LogP contribution in [-0.4, -0.2) is 29.9 Å². The van der Waals surface area contributed by atoms with Crippen molar-refractivity contribution in [3.63, 3.8) is 0 Å². The van der Waals surface area contributed by atoms with Gasteiger partial charge < -0.3 is 20.9 Å². The first-order valence-corrected chi connectivity index (χ1v) is 9.21. The van der Waals surface area contributed by atoms with E-state index in [0.29, 0.717) is 23.6 Å². The molecule has 3 rings (SSSR count). The quantitative estimate of drug-likeness (QED) is 0.570. The van der Waals surface area contributed by atoms with Crippen LogP contribution in [0, 0.1) is 0 Å². The molecule has 3 aromatic rings. The van der Waals surface area contributed by atoms with Crippen molar-refractivity contribution in [2.24, 2.45) is 0 Å². The van der Waals surface area contributed by atoms with Gasteiger partial charge in [-0.1, -0.05) is 24.3 Å². The number of pyridine rings is 1. The number of nitrogens with zero attached hydrogens (tertiary/aromatic N) is 2. The predicted octanol–water partition coefficient (Wildman–Crippen LogP) is 3.00. The molecule has 0 saturated carbocycles. The number of anilines is 3. The van der Waals surface area contributed by atoms with E-state index in [-0.39, 0.29) is 6.03 Å². The van der Waals surface area contributed by atoms with Gasteiger partial charge in [0, 0.05) is 43.0 Å². The highest BCUT2D eigenvalue weighted by Gasteiger charge is 2.19. The molecule has 0 unspecified atom stereocenters. The molecule has 3 N–H and O–H groups in total. The molecule has 1 aromatic heterocycles. The first-order valence-electron chi connectivity index (χ1n) is 9.21. The number of carbonyl (C=O) groups is 3. The Morgan fingerprint density at radius 2 is 1.53 bits per heavy atom. The first-order chi connectivity index (χ1) is 14.5. The van der Waals surface area contributed by atoms with Crippen LogP contribution in [0.3, 0.4) is 0 Å². The molecule has 0 aliphatic heterocycles. The first kappa shape index (κ1) is 20.5. The molecule has 4 amide bonds. The topological polar surface area (TPSA) is 103 Å². The normalized spacial score (nSPS) is 10.0. The van der Waals surface area contributed by atoms with Crippen molar-refractivity contribution in [1.29, 1.82) is 0 Å². The minimum Gasteiger partial charge on any atom is -0.334 e. The third-order valence-corrected chi connectivity index (χ3v) is 4.22. The number of benzene rings is 2. The van der Waals surface area contributed by atoms with Crippen LogP contribution in [0.5, 0.6) is 0 Å². The summed E-state index contributed by atoms with van der Waals surface area (Å²) >= 11 is 0. The zero-order valence-corrected chi connectivity index (χ0v) is 16.3. The Bertz CT molecular complexity index is 1010. The summed E-state index contributed by atoms with van der Waals surface area (Å²) in [6, 6.07) is 18.6. The zero-order valence-electron chi connectivity index (χ0n) is 16.3. The Morgan fingerprint density at radius 1 is 0.867 bits per heavy atom. The molecule has 8 heteroatoms. The van der Waals surface area contributed by atoms with Gasteiger partial charge in [0.15, 0.2) is 0 Å². The fourth-order valence-electron chi connectivity index (χ4n) is 2.60. The van der Waals surface area contributed by atoms with E-state index in [4.69, 9.17) is 0 Å². The van der Waals surface area contributed by atoms with Gasteiger partial charge in [-0.3, -0.25) is 14.6 Å². The van der Waals surface area contributed by atoms with E-state index in [0.717, 1.165) is 5.56 Å². The van der Waals surface area contributed by atoms with Crippen LogP contribution >= 0.6 is 0 Å². The second-order valence-corrected chi connectivity index (χ2v) is 6.40. The smallest absolute Gasteiger partial charge is 0.319 e. The second kappa shape index (κ2) is 9.83. The summed E-state index contributed by atoms with van der Waals surface area (Å²) < 4.78 is 0. The van der Waals surface area contributed by atoms with E-state index in [9.17, 15) is 14.4 Å². The van der Waals surface area contributed by atoms with Gasteiger partial charge >= 0.3 is 17.8 Å². The molecule has 0 bridgehead atoms. The molecular formula is C22H21N5O3. The van der Waals surface area contributed by atoms with Crippen molar-refractivity contribution < 1.29 is 14.4 Å². The fraction of sp³-hybridized carbons (Fsp3) is 0.0909. The van der Waals surface area contributed by atoms with Crippen LogP contribution in [-0.2, 0) is 16.1 Å². The predicted molar refractivity (Wildman–Crippen MR) is 115 cm³/mol. The zero-order chi connectivity index (χ0) is 21.3. The lowest BCUT2D eigenvalue weighted by Crippen LogP contribution is -2.37. The number of nitrogens with one attached hydrogen (secondary N) is 3. The number of amides is 4. The summed E-state index contributed by atoms with van der Waals surface area (Å²) in [7, 11) is 1.54. The summed E-state index contributed by atoms with van der Waals surface area (Å²) in [5.74, 6) is -1.44. The average Bonchev–Trinajstić information content (AvgIpc) is 2.79. The Labute approximate surface area is 173 Å². The van der Waals surface area contributed by atoms with Gasteiger partial charge in [-0.25, -0.2) is 4.79 Å². The number of hydrogen-bond acceptors (Lipinski definition) is 4. The lowest BCUT2D eigenvalue weighted by atomic mass is 10.2. The molecule has 0 atom stereocenters. The lowest BCUT2D eigenvalue weighted by molar-refractivity contribution is -0.134. The van der Waals surface area contributed by atoms with Crippen molar-refractivity contribution in [2.75, 3.05) is 22.6 Å². The molecule has 0 fully saturated rings. The van der Waals surface area contributed by atoms with Gasteiger partial charge in [0.1, 0.15) is 0 Å². The van der Waals surface area contributed by atoms with Gasteiger partial charge in [-0.15, -0.1) is 0 Å². The summed E-state index contributed by atoms with van der Waals surface area (Å²) in [6.07, 6.45) is 3.34. The van der Waals surface area contributed by atoms with Gasteiger partial charge in [0.25, 0.3) is 0 Å². The van der Waals surface area contributed by atoms with Crippen molar-refractivity contribution in [3.8, 4) is 0 Å². The molecule has 0 saturated heterocycles. The monoisotopic (exact) mass is 403 g/mol. The number of aromatic nitrogens is 1. The van der Waals surface area contributed by atoms with Crippen LogP contribution in [0.15, 0.2) is 79.1 Å². The lowest BCUT2D eigenvalue weighted by Gasteiger charge is -2.16. The Balaban J connectivity index is 1.50. The SMILES string of the molecule is CN(C(=O)C(=O)Nc1ccc(NC(=O)NCc2cccnc2)cc1)c1ccccc1. The van der Waals surface area contributed by atoms with Crippen LogP contribution in [0.2, 0.25) is 0 Å². The van der Waals surface area contributed by atoms with Gasteiger partial charge in [-0.2, -0.15) is 0 Å². The van der Waals surface area contributed by atoms with E-state index in [2.05, 4.69) is 20.9 Å². The molecule has 30 heavy (non-hydrogen) atoms. The van der Waals surface area contributed by atoms with Crippen molar-refractivity contribution >= 4 is 34.9 Å². The molecule has 8 nitrogen and oxygen atoms in total. The third kappa shape index (κ3) is 5.65. The highest BCUT2D eigenvalue weighted by Crippen LogP contribution is 2.15. The molecule has 1 heterocycles. The summed E-state index contributed by atoms with van der Waals surface area (Å²) in [6.45, 7) is 0.352. The number of para-hydroxylation sites is 1. The van der Waals surface area contributed by atoms with Crippen LogP contribution < -0.4 is 20.9 Å². The van der Waals surface area contributed by atoms with E-state index in [1.165, 1.54) is 11.9 Å². The molecule has 0 radical (unpaired) electrons. The molecule has 0 aliphatic rings. The average molecular weight is 403 g/mol. The molecule has 152 valence electrons. The Morgan fingerprint density at radius 3 is 2.17 bits per heavy atom. The minimum atomic E-state index is -0.753. The van der Waals surface area contributed by atoms with Gasteiger partial charge in [0.05, 0.1) is 0 Å². The standard InChI is InChI=1S/C22H21N5O3/c1-27(19-7-3-2-4-8-19)21(29)20(28)25-17-9-11-18(12-10-17)26-22(30)24-15-16-6-5-13-23-14-16/h2-14H,15H2,1H3,(H,25,28)(H2,24,26,30).